The summed E-state index contributed by atoms with van der Waals surface area (Å²) in [5, 5.41) is 56.2. The number of anilines is 5. The number of aromatic nitrogens is 2. The molecule has 20 aliphatic rings. The molecule has 5 aromatic carbocycles. The van der Waals surface area contributed by atoms with Crippen LogP contribution in [-0.2, 0) is 98.6 Å². The van der Waals surface area contributed by atoms with Gasteiger partial charge in [-0.3, -0.25) is 67.7 Å². The van der Waals surface area contributed by atoms with Gasteiger partial charge in [-0.15, -0.1) is 0 Å². The van der Waals surface area contributed by atoms with Crippen molar-refractivity contribution >= 4 is 110 Å². The maximum Gasteiger partial charge on any atom is 0.311 e. The van der Waals surface area contributed by atoms with Crippen LogP contribution in [0.15, 0.2) is 143 Å². The Morgan fingerprint density at radius 2 is 0.716 bits per heavy atom. The Kier molecular flexibility index (Phi) is 28.0. The number of aliphatic imine (C=N–C) groups is 1. The lowest BCUT2D eigenvalue weighted by molar-refractivity contribution is -0.161. The molecule has 6 N–H and O–H groups in total. The fourth-order valence-corrected chi connectivity index (χ4v) is 34.1. The Morgan fingerprint density at radius 1 is 0.392 bits per heavy atom. The summed E-state index contributed by atoms with van der Waals surface area (Å²) in [6.07, 6.45) is 18.0. The highest BCUT2D eigenvalue weighted by Gasteiger charge is 2.70. The molecule has 1 aromatic heterocycles. The molecule has 0 radical (unpaired) electrons. The van der Waals surface area contributed by atoms with Crippen LogP contribution in [0.5, 0.6) is 0 Å². The number of fused-ring (bicyclic) bond motifs is 25. The number of rotatable bonds is 9. The van der Waals surface area contributed by atoms with E-state index in [1.165, 1.54) is 41.1 Å². The number of benzene rings is 5. The van der Waals surface area contributed by atoms with Gasteiger partial charge in [-0.2, -0.15) is 0 Å². The number of halogens is 1. The van der Waals surface area contributed by atoms with Crippen LogP contribution in [0.3, 0.4) is 0 Å². The van der Waals surface area contributed by atoms with Gasteiger partial charge in [-0.25, -0.2) is 19.9 Å². The molecule has 4 amide bonds. The van der Waals surface area contributed by atoms with E-state index in [0.29, 0.717) is 80.5 Å². The first-order chi connectivity index (χ1) is 71.6. The van der Waals surface area contributed by atoms with E-state index in [0.717, 1.165) is 229 Å². The molecule has 33 heteroatoms. The number of likely N-dealkylation sites (N-methyl/N-ethyl adjacent to an activating group) is 1. The van der Waals surface area contributed by atoms with E-state index >= 15 is 0 Å². The second kappa shape index (κ2) is 40.5. The number of hydrogen-bond donors (Lipinski definition) is 6. The highest BCUT2D eigenvalue weighted by molar-refractivity contribution is 9.10. The Hall–Kier alpha value is -10.0. The number of methoxy groups -OCH3 is 6. The van der Waals surface area contributed by atoms with Crippen molar-refractivity contribution in [3.05, 3.63) is 166 Å². The van der Waals surface area contributed by atoms with Crippen LogP contribution < -0.4 is 20.0 Å². The lowest BCUT2D eigenvalue weighted by atomic mass is 9.62. The van der Waals surface area contributed by atoms with Crippen molar-refractivity contribution in [3.8, 4) is 0 Å². The number of esters is 5. The zero-order chi connectivity index (χ0) is 103. The molecule has 0 bridgehead atoms. The van der Waals surface area contributed by atoms with Crippen molar-refractivity contribution in [3.63, 3.8) is 0 Å². The zero-order valence-corrected chi connectivity index (χ0v) is 87.7. The SMILES string of the molecule is CCCCN1C(=O)[C@@]2(CCN3C[C@@H]4CC[C@H](O)[C@H](C(=O)OC)[C@H]4C[C@H]32)c2ccccc21.COC(=O)[C@@H]1[C@H]2C[C@@H]3N(CC[C@@]34C(=O)N(C)c3ccccc34)C[C@@H]2CC[C@@H]1O.COC(=O)[C@@H]1[C@H]2C[C@@H]3N(CC[C@@]34C(=O)N(c3ncc(Br)cn3)c3ccccc34)C[C@@H]2CC[C@@H]1O.COC(=O)[C@@H]1[C@H]2C[C@@H]3N(CC[C@@]34C(=O)Nc3ccccc34)C[C@@H]2CC[C@@H]1O.COC(=O)[C@@H]1[C@H]2C[C@@H]3N(CC[C@@]34C(OC)=Nc3ccccc34)C[C@@H]2CC[C@@H]1O. The summed E-state index contributed by atoms with van der Waals surface area (Å²) in [5.74, 6) is -0.0784. The molecule has 5 aliphatic carbocycles. The normalized spacial score (nSPS) is 37.9. The number of hydrogen-bond acceptors (Lipinski definition) is 28. The molecule has 6 aromatic rings. The molecular weight excluding hydrogens is 1950 g/mol. The molecule has 26 rings (SSSR count). The molecule has 148 heavy (non-hydrogen) atoms. The quantitative estimate of drug-likeness (QED) is 0.0578. The van der Waals surface area contributed by atoms with E-state index in [1.807, 2.05) is 84.7 Å². The Balaban J connectivity index is 0.000000105. The van der Waals surface area contributed by atoms with Crippen molar-refractivity contribution in [1.82, 2.24) is 34.5 Å². The topological polar surface area (TPSA) is 386 Å². The molecule has 16 heterocycles. The number of carbonyl (C=O) groups is 9. The van der Waals surface area contributed by atoms with E-state index in [-0.39, 0.29) is 119 Å². The van der Waals surface area contributed by atoms with Crippen LogP contribution in [0.25, 0.3) is 0 Å². The fourth-order valence-electron chi connectivity index (χ4n) is 33.9. The predicted octanol–water partition coefficient (Wildman–Crippen LogP) is 10.9. The van der Waals surface area contributed by atoms with Crippen molar-refractivity contribution in [1.29, 1.82) is 0 Å². The van der Waals surface area contributed by atoms with Crippen LogP contribution in [-0.4, -0.2) is 302 Å². The van der Waals surface area contributed by atoms with E-state index in [2.05, 4.69) is 111 Å². The van der Waals surface area contributed by atoms with E-state index in [4.69, 9.17) is 33.4 Å². The smallest absolute Gasteiger partial charge is 0.311 e. The summed E-state index contributed by atoms with van der Waals surface area (Å²) < 4.78 is 31.9. The second-order valence-corrected chi connectivity index (χ2v) is 47.0. The third-order valence-corrected chi connectivity index (χ3v) is 40.9. The van der Waals surface area contributed by atoms with Gasteiger partial charge < -0.3 is 69.1 Å². The van der Waals surface area contributed by atoms with Crippen LogP contribution in [0.2, 0.25) is 0 Å². The molecule has 32 nitrogen and oxygen atoms in total. The van der Waals surface area contributed by atoms with Gasteiger partial charge in [-0.05, 0) is 301 Å². The summed E-state index contributed by atoms with van der Waals surface area (Å²) in [5.41, 5.74) is 7.86. The Labute approximate surface area is 873 Å². The summed E-state index contributed by atoms with van der Waals surface area (Å²) in [7, 11) is 10.6. The Bertz CT molecular complexity index is 6070. The van der Waals surface area contributed by atoms with Crippen LogP contribution >= 0.6 is 15.9 Å². The van der Waals surface area contributed by atoms with Gasteiger partial charge in [0.05, 0.1) is 146 Å². The highest BCUT2D eigenvalue weighted by atomic mass is 79.9. The molecule has 15 aliphatic heterocycles. The van der Waals surface area contributed by atoms with Crippen LogP contribution in [0, 0.1) is 88.8 Å². The first-order valence-corrected chi connectivity index (χ1v) is 55.3. The molecule has 15 fully saturated rings. The predicted molar refractivity (Wildman–Crippen MR) is 552 cm³/mol. The summed E-state index contributed by atoms with van der Waals surface area (Å²) in [6.45, 7) is 12.0. The minimum Gasteiger partial charge on any atom is -0.483 e. The first-order valence-electron chi connectivity index (χ1n) is 54.5. The van der Waals surface area contributed by atoms with Gasteiger partial charge >= 0.3 is 29.8 Å². The van der Waals surface area contributed by atoms with Gasteiger partial charge in [0.1, 0.15) is 0 Å². The van der Waals surface area contributed by atoms with Gasteiger partial charge in [0.25, 0.3) is 0 Å². The van der Waals surface area contributed by atoms with Gasteiger partial charge in [0, 0.05) is 106 Å². The summed E-state index contributed by atoms with van der Waals surface area (Å²) in [6, 6.07) is 41.1. The number of aliphatic hydroxyl groups is 5. The van der Waals surface area contributed by atoms with Gasteiger partial charge in [-0.1, -0.05) is 104 Å². The zero-order valence-electron chi connectivity index (χ0n) is 86.1. The maximum atomic E-state index is 14.3. The minimum absolute atomic E-state index is 0.00653. The lowest BCUT2D eigenvalue weighted by Gasteiger charge is -2.50. The number of amides is 4. The molecule has 790 valence electrons. The van der Waals surface area contributed by atoms with Crippen molar-refractivity contribution in [2.75, 3.05) is 142 Å². The summed E-state index contributed by atoms with van der Waals surface area (Å²) in [4.78, 5) is 149. The minimum atomic E-state index is -0.721. The molecular formula is C115H143BrN12O20. The average molecular weight is 2090 g/mol. The Morgan fingerprint density at radius 3 is 1.12 bits per heavy atom. The highest BCUT2D eigenvalue weighted by Crippen LogP contribution is 2.64. The van der Waals surface area contributed by atoms with Crippen molar-refractivity contribution < 1.29 is 97.1 Å². The third kappa shape index (κ3) is 16.1. The van der Waals surface area contributed by atoms with E-state index in [9.17, 15) is 68.7 Å². The lowest BCUT2D eigenvalue weighted by Crippen LogP contribution is -2.58. The van der Waals surface area contributed by atoms with Crippen LogP contribution in [0.1, 0.15) is 176 Å². The maximum absolute atomic E-state index is 14.3. The second-order valence-electron chi connectivity index (χ2n) is 46.1. The number of nitrogens with zero attached hydrogens (tertiary/aromatic N) is 11. The monoisotopic (exact) mass is 2090 g/mol. The number of nitrogens with one attached hydrogen (secondary N) is 1. The molecule has 0 unspecified atom stereocenters. The molecule has 10 saturated heterocycles. The fraction of sp³-hybridized carbons (Fsp3) is 0.617. The van der Waals surface area contributed by atoms with E-state index in [1.54, 1.807) is 29.3 Å². The largest absolute Gasteiger partial charge is 0.483 e. The van der Waals surface area contributed by atoms with Gasteiger partial charge in [0.15, 0.2) is 0 Å². The van der Waals surface area contributed by atoms with Crippen LogP contribution in [0.4, 0.5) is 34.4 Å². The first kappa shape index (κ1) is 102. The molecule has 5 spiro atoms. The van der Waals surface area contributed by atoms with Crippen molar-refractivity contribution in [2.45, 2.75) is 236 Å². The van der Waals surface area contributed by atoms with Gasteiger partial charge in [0.2, 0.25) is 35.5 Å². The average Bonchev–Trinajstić information content (AvgIpc) is 1.53. The molecule has 30 atom stereocenters. The number of unbranched alkanes of at least 4 members (excludes halogenated alkanes) is 1. The third-order valence-electron chi connectivity index (χ3n) is 40.5. The number of piperidine rings is 5. The standard InChI is InChI=1S/C25H27BrN4O4.C25H34N2O4.2C22H28N2O4.C21H26N2O4/c1-34-22(32)21-16-10-20-25(8-9-29(20)13-14(16)6-7-19(21)31)17-4-2-3-5-18(17)30(23(25)33)24-27-11-15(26)12-28-24;1-3-4-12-27-19-8-6-5-7-18(19)25(24(27)30)11-13-26-15-16-9-10-20(28)22(23(29)31-2)17(16)14-21(25)26;1-27-20(26)19-14-11-18-22(9-10-24(18)12-13(14)7-8-17(19)25)15-5-3-4-6-16(15)23-21(22)28-2;1-23-16-6-4-3-5-15(16)22(21(23)27)9-10-24-12-13-7-8-17(25)19(20(26)28-2)14(13)11-18(22)24;1-27-19(25)18-13-10-17-21(14-4-2-3-5-15(14)22-20(21)26)8-9-23(17)11-12(13)6-7-16(18)24/h2-5,11-12,14,16,19-21,31H,6-10,13H2,1H3;5-8,16-17,20-22,28H,3-4,9-15H2,1-2H3;2*3-6,13-14,17-19,25H,7-12H2,1-2H3;2-5,12-13,16-18,24H,6-11H2,1H3,(H,22,26)/t14-,16-,19-,20-,21+,25-;16-,17-,20-,21-,22+,25-;2*13-,14-,17-,18-,19+,22-;12-,13-,16-,17-,18+,21-/m00000/s1. The molecule has 5 saturated carbocycles. The van der Waals surface area contributed by atoms with Crippen molar-refractivity contribution in [2.24, 2.45) is 93.8 Å². The number of carbonyl (C=O) groups excluding carboxylic acids is 9. The number of aliphatic hydroxyl groups excluding tert-OH is 5. The summed E-state index contributed by atoms with van der Waals surface area (Å²) >= 11 is 3.37. The number of ether oxygens (including phenoxy) is 6. The number of para-hydroxylation sites is 5. The van der Waals surface area contributed by atoms with E-state index < -0.39 is 81.8 Å².